The van der Waals surface area contributed by atoms with Gasteiger partial charge in [-0.15, -0.1) is 0 Å². The topological polar surface area (TPSA) is 85.3 Å². The van der Waals surface area contributed by atoms with E-state index in [-0.39, 0.29) is 5.57 Å². The number of ketones is 1. The predicted molar refractivity (Wildman–Crippen MR) is 136 cm³/mol. The van der Waals surface area contributed by atoms with Gasteiger partial charge < -0.3 is 19.3 Å². The van der Waals surface area contributed by atoms with Gasteiger partial charge in [0.15, 0.2) is 11.5 Å². The van der Waals surface area contributed by atoms with Crippen molar-refractivity contribution >= 4 is 23.1 Å². The molecule has 38 heavy (non-hydrogen) atoms. The van der Waals surface area contributed by atoms with Crippen molar-refractivity contribution in [2.45, 2.75) is 25.8 Å². The number of hydrogen-bond donors (Lipinski definition) is 1. The molecule has 3 aromatic rings. The maximum atomic E-state index is 15.0. The number of benzene rings is 3. The fourth-order valence-corrected chi connectivity index (χ4v) is 4.86. The quantitative estimate of drug-likeness (QED) is 0.268. The molecule has 1 unspecified atom stereocenters. The number of amides is 1. The molecule has 1 saturated heterocycles. The van der Waals surface area contributed by atoms with Crippen molar-refractivity contribution in [3.8, 4) is 17.2 Å². The third kappa shape index (κ3) is 4.34. The molecule has 1 N–H and O–H groups in total. The molecule has 9 heteroatoms. The van der Waals surface area contributed by atoms with Gasteiger partial charge in [-0.05, 0) is 73.4 Å². The van der Waals surface area contributed by atoms with Crippen molar-refractivity contribution in [1.29, 1.82) is 0 Å². The molecule has 1 fully saturated rings. The summed E-state index contributed by atoms with van der Waals surface area (Å²) in [5.74, 6) is -2.85. The molecule has 3 aromatic carbocycles. The van der Waals surface area contributed by atoms with Gasteiger partial charge in [-0.1, -0.05) is 6.07 Å². The molecule has 0 spiro atoms. The monoisotopic (exact) mass is 521 g/mol. The summed E-state index contributed by atoms with van der Waals surface area (Å²) in [7, 11) is 1.46. The van der Waals surface area contributed by atoms with Gasteiger partial charge in [0.1, 0.15) is 23.1 Å². The number of halogens is 2. The average molecular weight is 522 g/mol. The molecular weight excluding hydrogens is 496 g/mol. The van der Waals surface area contributed by atoms with Crippen LogP contribution in [-0.4, -0.2) is 37.1 Å². The normalized spacial score (nSPS) is 18.2. The van der Waals surface area contributed by atoms with Crippen molar-refractivity contribution in [3.63, 3.8) is 0 Å². The Morgan fingerprint density at radius 1 is 1.08 bits per heavy atom. The zero-order chi connectivity index (χ0) is 27.0. The average Bonchev–Trinajstić information content (AvgIpc) is 3.19. The molecular formula is C29H25F2NO6. The Labute approximate surface area is 217 Å². The van der Waals surface area contributed by atoms with Crippen LogP contribution in [0.3, 0.4) is 0 Å². The maximum Gasteiger partial charge on any atom is 0.300 e. The van der Waals surface area contributed by atoms with Gasteiger partial charge in [-0.3, -0.25) is 14.5 Å². The van der Waals surface area contributed by atoms with Gasteiger partial charge in [-0.2, -0.15) is 0 Å². The summed E-state index contributed by atoms with van der Waals surface area (Å²) in [4.78, 5) is 27.6. The standard InChI is InChI=1S/C29H25F2NO6/c1-3-37-24-14-17(6-11-23(24)36-2)26-25(27(33)18-7-10-22-16(13-18)5-4-12-38-22)28(34)29(35)32(26)21-15-19(30)8-9-20(21)31/h6-11,13-15,26,33H,3-5,12H2,1-2H3/b27-25+. The van der Waals surface area contributed by atoms with Crippen molar-refractivity contribution in [2.24, 2.45) is 0 Å². The first-order valence-electron chi connectivity index (χ1n) is 12.2. The van der Waals surface area contributed by atoms with Gasteiger partial charge in [0, 0.05) is 11.6 Å². The van der Waals surface area contributed by atoms with E-state index >= 15 is 0 Å². The number of methoxy groups -OCH3 is 1. The lowest BCUT2D eigenvalue weighted by atomic mass is 9.93. The van der Waals surface area contributed by atoms with Crippen LogP contribution in [0.25, 0.3) is 5.76 Å². The summed E-state index contributed by atoms with van der Waals surface area (Å²) in [5, 5.41) is 11.4. The smallest absolute Gasteiger partial charge is 0.300 e. The van der Waals surface area contributed by atoms with Gasteiger partial charge in [-0.25, -0.2) is 8.78 Å². The third-order valence-electron chi connectivity index (χ3n) is 6.60. The predicted octanol–water partition coefficient (Wildman–Crippen LogP) is 5.32. The molecule has 196 valence electrons. The Kier molecular flexibility index (Phi) is 6.75. The molecule has 7 nitrogen and oxygen atoms in total. The lowest BCUT2D eigenvalue weighted by molar-refractivity contribution is -0.132. The van der Waals surface area contributed by atoms with Crippen LogP contribution in [0.15, 0.2) is 60.2 Å². The summed E-state index contributed by atoms with van der Waals surface area (Å²) in [6.45, 7) is 2.66. The number of rotatable bonds is 6. The van der Waals surface area contributed by atoms with Crippen LogP contribution in [0, 0.1) is 11.6 Å². The van der Waals surface area contributed by atoms with Crippen LogP contribution < -0.4 is 19.1 Å². The lowest BCUT2D eigenvalue weighted by Crippen LogP contribution is -2.30. The number of hydrogen-bond acceptors (Lipinski definition) is 6. The van der Waals surface area contributed by atoms with Crippen LogP contribution >= 0.6 is 0 Å². The largest absolute Gasteiger partial charge is 0.507 e. The molecule has 0 radical (unpaired) electrons. The van der Waals surface area contributed by atoms with E-state index < -0.39 is 40.8 Å². The fourth-order valence-electron chi connectivity index (χ4n) is 4.86. The summed E-state index contributed by atoms with van der Waals surface area (Å²) < 4.78 is 45.8. The highest BCUT2D eigenvalue weighted by molar-refractivity contribution is 6.51. The highest BCUT2D eigenvalue weighted by Gasteiger charge is 2.48. The van der Waals surface area contributed by atoms with Gasteiger partial charge >= 0.3 is 0 Å². The molecule has 1 atom stereocenters. The van der Waals surface area contributed by atoms with E-state index in [1.54, 1.807) is 43.3 Å². The number of fused-ring (bicyclic) bond motifs is 1. The van der Waals surface area contributed by atoms with Gasteiger partial charge in [0.2, 0.25) is 0 Å². The second-order valence-electron chi connectivity index (χ2n) is 8.88. The molecule has 0 aliphatic carbocycles. The summed E-state index contributed by atoms with van der Waals surface area (Å²) in [6.07, 6.45) is 1.52. The molecule has 0 bridgehead atoms. The first kappa shape index (κ1) is 25.3. The van der Waals surface area contributed by atoms with Crippen LogP contribution in [0.2, 0.25) is 0 Å². The second-order valence-corrected chi connectivity index (χ2v) is 8.88. The first-order chi connectivity index (χ1) is 18.3. The Balaban J connectivity index is 1.73. The number of aliphatic hydroxyl groups is 1. The zero-order valence-corrected chi connectivity index (χ0v) is 20.8. The van der Waals surface area contributed by atoms with Crippen molar-refractivity contribution in [2.75, 3.05) is 25.2 Å². The molecule has 2 aliphatic rings. The minimum absolute atomic E-state index is 0.261. The van der Waals surface area contributed by atoms with E-state index in [0.29, 0.717) is 41.6 Å². The summed E-state index contributed by atoms with van der Waals surface area (Å²) >= 11 is 0. The van der Waals surface area contributed by atoms with Crippen LogP contribution in [-0.2, 0) is 16.0 Å². The minimum atomic E-state index is -1.27. The Hall–Kier alpha value is -4.40. The molecule has 5 rings (SSSR count). The van der Waals surface area contributed by atoms with Crippen molar-refractivity contribution < 1.29 is 37.7 Å². The number of nitrogens with zero attached hydrogens (tertiary/aromatic N) is 1. The number of anilines is 1. The highest BCUT2D eigenvalue weighted by atomic mass is 19.1. The molecule has 0 saturated carbocycles. The number of carbonyl (C=O) groups is 2. The minimum Gasteiger partial charge on any atom is -0.507 e. The van der Waals surface area contributed by atoms with Gasteiger partial charge in [0.05, 0.1) is 37.6 Å². The van der Waals surface area contributed by atoms with Gasteiger partial charge in [0.25, 0.3) is 11.7 Å². The molecule has 0 aromatic heterocycles. The maximum absolute atomic E-state index is 15.0. The Morgan fingerprint density at radius 3 is 2.66 bits per heavy atom. The summed E-state index contributed by atoms with van der Waals surface area (Å²) in [6, 6.07) is 11.1. The van der Waals surface area contributed by atoms with E-state index in [2.05, 4.69) is 0 Å². The third-order valence-corrected chi connectivity index (χ3v) is 6.60. The molecule has 1 amide bonds. The van der Waals surface area contributed by atoms with E-state index in [1.807, 2.05) is 0 Å². The van der Waals surface area contributed by atoms with E-state index in [0.717, 1.165) is 41.5 Å². The zero-order valence-electron chi connectivity index (χ0n) is 20.8. The molecule has 2 aliphatic heterocycles. The fraction of sp³-hybridized carbons (Fsp3) is 0.241. The number of aryl methyl sites for hydroxylation is 1. The Bertz CT molecular complexity index is 1470. The number of Topliss-reactive ketones (excluding diaryl/α,β-unsaturated/α-hetero) is 1. The van der Waals surface area contributed by atoms with E-state index in [4.69, 9.17) is 14.2 Å². The van der Waals surface area contributed by atoms with Crippen LogP contribution in [0.4, 0.5) is 14.5 Å². The molecule has 2 heterocycles. The number of aliphatic hydroxyl groups excluding tert-OH is 1. The van der Waals surface area contributed by atoms with Crippen LogP contribution in [0.5, 0.6) is 17.2 Å². The van der Waals surface area contributed by atoms with Crippen molar-refractivity contribution in [1.82, 2.24) is 0 Å². The first-order valence-corrected chi connectivity index (χ1v) is 12.2. The SMILES string of the molecule is CCOc1cc(C2/C(=C(\O)c3ccc4c(c3)CCCO4)C(=O)C(=O)N2c2cc(F)ccc2F)ccc1OC. The van der Waals surface area contributed by atoms with E-state index in [9.17, 15) is 23.5 Å². The second kappa shape index (κ2) is 10.2. The van der Waals surface area contributed by atoms with E-state index in [1.165, 1.54) is 7.11 Å². The Morgan fingerprint density at radius 2 is 1.89 bits per heavy atom. The highest BCUT2D eigenvalue weighted by Crippen LogP contribution is 2.45. The number of ether oxygens (including phenoxy) is 3. The van der Waals surface area contributed by atoms with Crippen molar-refractivity contribution in [3.05, 3.63) is 88.5 Å². The number of carbonyl (C=O) groups excluding carboxylic acids is 2. The summed E-state index contributed by atoms with van der Waals surface area (Å²) in [5.41, 5.74) is 0.799. The lowest BCUT2D eigenvalue weighted by Gasteiger charge is -2.26. The van der Waals surface area contributed by atoms with Crippen LogP contribution in [0.1, 0.15) is 36.1 Å².